The van der Waals surface area contributed by atoms with Crippen LogP contribution in [0.3, 0.4) is 0 Å². The topological polar surface area (TPSA) is 86.5 Å². The number of ether oxygens (including phenoxy) is 2. The lowest BCUT2D eigenvalue weighted by Crippen LogP contribution is -2.25. The highest BCUT2D eigenvalue weighted by atomic mass is 16.5. The van der Waals surface area contributed by atoms with Gasteiger partial charge in [0.05, 0.1) is 6.10 Å². The number of carbonyl (C=O) groups excluding carboxylic acids is 1. The number of benzene rings is 1. The fraction of sp³-hybridized carbons (Fsp3) is 0.333. The summed E-state index contributed by atoms with van der Waals surface area (Å²) in [6, 6.07) is 9.34. The Morgan fingerprint density at radius 3 is 2.88 bits per heavy atom. The molecule has 1 aromatic heterocycles. The van der Waals surface area contributed by atoms with Crippen molar-refractivity contribution >= 4 is 5.91 Å². The zero-order valence-corrected chi connectivity index (χ0v) is 13.4. The Balaban J connectivity index is 1.55. The fourth-order valence-electron chi connectivity index (χ4n) is 2.64. The molecule has 3 N–H and O–H groups in total. The average molecular weight is 327 g/mol. The second kappa shape index (κ2) is 7.90. The van der Waals surface area contributed by atoms with Gasteiger partial charge in [0.25, 0.3) is 5.91 Å². The molecule has 126 valence electrons. The van der Waals surface area contributed by atoms with E-state index in [1.807, 2.05) is 24.3 Å². The lowest BCUT2D eigenvalue weighted by Gasteiger charge is -2.11. The van der Waals surface area contributed by atoms with Gasteiger partial charge in [0.2, 0.25) is 0 Å². The smallest absolute Gasteiger partial charge is 0.254 e. The van der Waals surface area contributed by atoms with Gasteiger partial charge in [-0.05, 0) is 36.6 Å². The summed E-state index contributed by atoms with van der Waals surface area (Å²) in [5.41, 5.74) is 6.74. The minimum absolute atomic E-state index is 0.264. The van der Waals surface area contributed by atoms with Crippen molar-refractivity contribution in [1.29, 1.82) is 0 Å². The number of hydrogen-bond donors (Lipinski definition) is 2. The molecule has 0 aliphatic carbocycles. The number of carbonyl (C=O) groups is 1. The molecule has 0 radical (unpaired) electrons. The van der Waals surface area contributed by atoms with E-state index in [9.17, 15) is 4.79 Å². The summed E-state index contributed by atoms with van der Waals surface area (Å²) in [6.45, 7) is 2.53. The minimum Gasteiger partial charge on any atom is -0.456 e. The molecule has 1 atom stereocenters. The maximum absolute atomic E-state index is 11.4. The van der Waals surface area contributed by atoms with Crippen LogP contribution in [0.1, 0.15) is 28.8 Å². The number of pyridine rings is 1. The monoisotopic (exact) mass is 327 g/mol. The van der Waals surface area contributed by atoms with E-state index in [0.29, 0.717) is 17.6 Å². The maximum atomic E-state index is 11.4. The zero-order valence-electron chi connectivity index (χ0n) is 13.4. The van der Waals surface area contributed by atoms with Crippen LogP contribution in [-0.2, 0) is 11.3 Å². The largest absolute Gasteiger partial charge is 0.456 e. The molecule has 0 bridgehead atoms. The lowest BCUT2D eigenvalue weighted by atomic mass is 10.2. The summed E-state index contributed by atoms with van der Waals surface area (Å²) in [6.07, 6.45) is 5.59. The Morgan fingerprint density at radius 2 is 2.17 bits per heavy atom. The van der Waals surface area contributed by atoms with Crippen molar-refractivity contribution in [2.45, 2.75) is 25.5 Å². The van der Waals surface area contributed by atoms with Crippen LogP contribution in [-0.4, -0.2) is 30.1 Å². The van der Waals surface area contributed by atoms with Gasteiger partial charge < -0.3 is 20.5 Å². The van der Waals surface area contributed by atoms with Crippen LogP contribution in [0.4, 0.5) is 0 Å². The van der Waals surface area contributed by atoms with E-state index in [-0.39, 0.29) is 5.56 Å². The molecule has 6 nitrogen and oxygen atoms in total. The van der Waals surface area contributed by atoms with Gasteiger partial charge in [0, 0.05) is 32.1 Å². The molecule has 1 aliphatic heterocycles. The molecule has 2 aromatic rings. The predicted octanol–water partition coefficient (Wildman–Crippen LogP) is 2.24. The molecule has 24 heavy (non-hydrogen) atoms. The van der Waals surface area contributed by atoms with Crippen molar-refractivity contribution in [1.82, 2.24) is 10.3 Å². The second-order valence-electron chi connectivity index (χ2n) is 5.75. The van der Waals surface area contributed by atoms with Crippen LogP contribution in [0, 0.1) is 0 Å². The number of rotatable bonds is 7. The Morgan fingerprint density at radius 1 is 1.33 bits per heavy atom. The van der Waals surface area contributed by atoms with Crippen LogP contribution in [0.5, 0.6) is 11.5 Å². The first-order chi connectivity index (χ1) is 11.7. The van der Waals surface area contributed by atoms with E-state index < -0.39 is 5.91 Å². The third-order valence-electron chi connectivity index (χ3n) is 3.92. The highest BCUT2D eigenvalue weighted by molar-refractivity contribution is 5.95. The number of hydrogen-bond acceptors (Lipinski definition) is 5. The number of nitrogens with two attached hydrogens (primary N) is 1. The zero-order chi connectivity index (χ0) is 16.8. The molecule has 1 aliphatic rings. The van der Waals surface area contributed by atoms with Crippen LogP contribution in [0.25, 0.3) is 0 Å². The van der Waals surface area contributed by atoms with Crippen molar-refractivity contribution < 1.29 is 14.3 Å². The Bertz CT molecular complexity index is 682. The van der Waals surface area contributed by atoms with Crippen molar-refractivity contribution in [3.8, 4) is 11.5 Å². The molecule has 1 fully saturated rings. The molecule has 3 rings (SSSR count). The molecular formula is C18H21N3O3. The summed E-state index contributed by atoms with van der Waals surface area (Å²) in [5, 5.41) is 3.40. The van der Waals surface area contributed by atoms with Crippen LogP contribution >= 0.6 is 0 Å². The summed E-state index contributed by atoms with van der Waals surface area (Å²) in [5.74, 6) is 0.487. The third-order valence-corrected chi connectivity index (χ3v) is 3.92. The van der Waals surface area contributed by atoms with Crippen molar-refractivity contribution in [2.75, 3.05) is 13.2 Å². The molecule has 1 aromatic carbocycles. The van der Waals surface area contributed by atoms with E-state index in [1.165, 1.54) is 6.20 Å². The van der Waals surface area contributed by atoms with E-state index in [1.54, 1.807) is 12.3 Å². The van der Waals surface area contributed by atoms with Gasteiger partial charge in [0.1, 0.15) is 17.1 Å². The highest BCUT2D eigenvalue weighted by Gasteiger charge is 2.14. The highest BCUT2D eigenvalue weighted by Crippen LogP contribution is 2.24. The normalized spacial score (nSPS) is 16.9. The quantitative estimate of drug-likeness (QED) is 0.814. The first-order valence-corrected chi connectivity index (χ1v) is 8.05. The molecular weight excluding hydrogens is 306 g/mol. The van der Waals surface area contributed by atoms with Gasteiger partial charge in [-0.15, -0.1) is 0 Å². The van der Waals surface area contributed by atoms with Gasteiger partial charge in [-0.25, -0.2) is 0 Å². The third kappa shape index (κ3) is 4.31. The van der Waals surface area contributed by atoms with Crippen molar-refractivity contribution in [3.05, 3.63) is 53.9 Å². The number of nitrogens with zero attached hydrogens (tertiary/aromatic N) is 1. The summed E-state index contributed by atoms with van der Waals surface area (Å²) in [7, 11) is 0. The number of primary amides is 1. The SMILES string of the molecule is NC(=O)c1cnccc1Oc1ccc(CNCC2CCCO2)cc1. The summed E-state index contributed by atoms with van der Waals surface area (Å²) >= 11 is 0. The first kappa shape index (κ1) is 16.4. The first-order valence-electron chi connectivity index (χ1n) is 8.05. The predicted molar refractivity (Wildman–Crippen MR) is 90.0 cm³/mol. The Labute approximate surface area is 141 Å². The molecule has 6 heteroatoms. The molecule has 1 amide bonds. The second-order valence-corrected chi connectivity index (χ2v) is 5.75. The van der Waals surface area contributed by atoms with E-state index in [0.717, 1.165) is 38.1 Å². The van der Waals surface area contributed by atoms with Gasteiger partial charge in [0.15, 0.2) is 0 Å². The summed E-state index contributed by atoms with van der Waals surface area (Å²) in [4.78, 5) is 15.3. The number of aromatic nitrogens is 1. The van der Waals surface area contributed by atoms with Crippen LogP contribution in [0.2, 0.25) is 0 Å². The van der Waals surface area contributed by atoms with E-state index in [4.69, 9.17) is 15.2 Å². The minimum atomic E-state index is -0.562. The average Bonchev–Trinajstić information content (AvgIpc) is 3.10. The van der Waals surface area contributed by atoms with E-state index >= 15 is 0 Å². The molecule has 2 heterocycles. The van der Waals surface area contributed by atoms with Crippen molar-refractivity contribution in [3.63, 3.8) is 0 Å². The van der Waals surface area contributed by atoms with Crippen LogP contribution in [0.15, 0.2) is 42.7 Å². The molecule has 1 unspecified atom stereocenters. The van der Waals surface area contributed by atoms with Gasteiger partial charge >= 0.3 is 0 Å². The van der Waals surface area contributed by atoms with Gasteiger partial charge in [-0.3, -0.25) is 9.78 Å². The Hall–Kier alpha value is -2.44. The van der Waals surface area contributed by atoms with Gasteiger partial charge in [-0.2, -0.15) is 0 Å². The Kier molecular flexibility index (Phi) is 5.40. The van der Waals surface area contributed by atoms with Gasteiger partial charge in [-0.1, -0.05) is 12.1 Å². The number of amides is 1. The molecule has 1 saturated heterocycles. The van der Waals surface area contributed by atoms with E-state index in [2.05, 4.69) is 10.3 Å². The standard InChI is InChI=1S/C18H21N3O3/c19-18(22)16-12-20-8-7-17(16)24-14-5-3-13(4-6-14)10-21-11-15-2-1-9-23-15/h3-8,12,15,21H,1-2,9-11H2,(H2,19,22). The molecule has 0 spiro atoms. The lowest BCUT2D eigenvalue weighted by molar-refractivity contribution is 0.0997. The maximum Gasteiger partial charge on any atom is 0.254 e. The summed E-state index contributed by atoms with van der Waals surface area (Å²) < 4.78 is 11.3. The fourth-order valence-corrected chi connectivity index (χ4v) is 2.64. The van der Waals surface area contributed by atoms with Crippen molar-refractivity contribution in [2.24, 2.45) is 5.73 Å². The molecule has 0 saturated carbocycles. The van der Waals surface area contributed by atoms with Crippen LogP contribution < -0.4 is 15.8 Å². The number of nitrogens with one attached hydrogen (secondary N) is 1.